The van der Waals surface area contributed by atoms with Gasteiger partial charge in [0, 0.05) is 24.9 Å². The Bertz CT molecular complexity index is 567. The predicted octanol–water partition coefficient (Wildman–Crippen LogP) is 6.31. The minimum atomic E-state index is 0.152. The SMILES string of the molecule is CCCCCCCCCCCCCC(=O)N1CCC(=O)c2ccccc21. The van der Waals surface area contributed by atoms with Crippen molar-refractivity contribution >= 4 is 17.4 Å². The summed E-state index contributed by atoms with van der Waals surface area (Å²) in [5, 5.41) is 0. The molecule has 0 radical (unpaired) electrons. The molecule has 3 nitrogen and oxygen atoms in total. The van der Waals surface area contributed by atoms with E-state index in [1.54, 1.807) is 0 Å². The van der Waals surface area contributed by atoms with Crippen LogP contribution in [0, 0.1) is 0 Å². The number of para-hydroxylation sites is 1. The number of carbonyl (C=O) groups is 2. The number of hydrogen-bond donors (Lipinski definition) is 0. The van der Waals surface area contributed by atoms with Crippen LogP contribution in [0.1, 0.15) is 101 Å². The van der Waals surface area contributed by atoms with Crippen molar-refractivity contribution in [2.45, 2.75) is 90.4 Å². The van der Waals surface area contributed by atoms with Crippen molar-refractivity contribution in [3.8, 4) is 0 Å². The topological polar surface area (TPSA) is 37.4 Å². The van der Waals surface area contributed by atoms with E-state index >= 15 is 0 Å². The normalized spacial score (nSPS) is 13.7. The highest BCUT2D eigenvalue weighted by Crippen LogP contribution is 2.27. The van der Waals surface area contributed by atoms with Crippen LogP contribution in [0.5, 0.6) is 0 Å². The molecule has 0 N–H and O–H groups in total. The first-order valence-corrected chi connectivity index (χ1v) is 10.7. The van der Waals surface area contributed by atoms with Gasteiger partial charge in [-0.15, -0.1) is 0 Å². The molecule has 0 saturated heterocycles. The molecular weight excluding hydrogens is 322 g/mol. The molecule has 2 rings (SSSR count). The van der Waals surface area contributed by atoms with Crippen molar-refractivity contribution in [1.82, 2.24) is 0 Å². The molecule has 3 heteroatoms. The maximum Gasteiger partial charge on any atom is 0.227 e. The van der Waals surface area contributed by atoms with Gasteiger partial charge in [-0.25, -0.2) is 0 Å². The lowest BCUT2D eigenvalue weighted by atomic mass is 9.99. The fourth-order valence-corrected chi connectivity index (χ4v) is 3.75. The minimum absolute atomic E-state index is 0.152. The Balaban J connectivity index is 1.57. The summed E-state index contributed by atoms with van der Waals surface area (Å²) in [4.78, 5) is 26.3. The Hall–Kier alpha value is -1.64. The number of anilines is 1. The zero-order valence-corrected chi connectivity index (χ0v) is 16.5. The molecule has 0 atom stereocenters. The van der Waals surface area contributed by atoms with Gasteiger partial charge in [-0.05, 0) is 18.6 Å². The van der Waals surface area contributed by atoms with Crippen molar-refractivity contribution in [3.63, 3.8) is 0 Å². The highest BCUT2D eigenvalue weighted by molar-refractivity contribution is 6.08. The van der Waals surface area contributed by atoms with Crippen LogP contribution in [0.4, 0.5) is 5.69 Å². The number of nitrogens with zero attached hydrogens (tertiary/aromatic N) is 1. The second kappa shape index (κ2) is 11.9. The van der Waals surface area contributed by atoms with Crippen molar-refractivity contribution in [3.05, 3.63) is 29.8 Å². The zero-order valence-electron chi connectivity index (χ0n) is 16.5. The Morgan fingerprint density at radius 3 is 2.12 bits per heavy atom. The Labute approximate surface area is 159 Å². The van der Waals surface area contributed by atoms with Gasteiger partial charge in [0.15, 0.2) is 5.78 Å². The highest BCUT2D eigenvalue weighted by atomic mass is 16.2. The third-order valence-corrected chi connectivity index (χ3v) is 5.35. The van der Waals surface area contributed by atoms with Gasteiger partial charge in [0.1, 0.15) is 0 Å². The molecule has 0 bridgehead atoms. The molecule has 1 aliphatic heterocycles. The van der Waals surface area contributed by atoms with Crippen LogP contribution in [0.3, 0.4) is 0 Å². The van der Waals surface area contributed by atoms with Gasteiger partial charge in [-0.2, -0.15) is 0 Å². The number of Topliss-reactive ketones (excluding diaryl/α,β-unsaturated/α-hetero) is 1. The number of amides is 1. The molecule has 0 saturated carbocycles. The molecule has 0 aliphatic carbocycles. The van der Waals surface area contributed by atoms with Crippen LogP contribution >= 0.6 is 0 Å². The molecule has 1 aromatic carbocycles. The lowest BCUT2D eigenvalue weighted by molar-refractivity contribution is -0.118. The molecule has 0 unspecified atom stereocenters. The molecule has 1 aromatic rings. The molecule has 0 aromatic heterocycles. The van der Waals surface area contributed by atoms with E-state index in [0.717, 1.165) is 18.5 Å². The smallest absolute Gasteiger partial charge is 0.227 e. The predicted molar refractivity (Wildman–Crippen MR) is 109 cm³/mol. The third-order valence-electron chi connectivity index (χ3n) is 5.35. The van der Waals surface area contributed by atoms with E-state index in [9.17, 15) is 9.59 Å². The maximum absolute atomic E-state index is 12.5. The quantitative estimate of drug-likeness (QED) is 0.411. The van der Waals surface area contributed by atoms with E-state index in [2.05, 4.69) is 6.92 Å². The van der Waals surface area contributed by atoms with Crippen molar-refractivity contribution in [1.29, 1.82) is 0 Å². The largest absolute Gasteiger partial charge is 0.311 e. The average Bonchev–Trinajstić information content (AvgIpc) is 2.66. The van der Waals surface area contributed by atoms with E-state index in [4.69, 9.17) is 0 Å². The molecule has 1 heterocycles. The van der Waals surface area contributed by atoms with Crippen molar-refractivity contribution in [2.75, 3.05) is 11.4 Å². The molecule has 1 amide bonds. The Morgan fingerprint density at radius 2 is 1.46 bits per heavy atom. The first kappa shape index (κ1) is 20.7. The van der Waals surface area contributed by atoms with E-state index in [1.165, 1.54) is 57.8 Å². The Morgan fingerprint density at radius 1 is 0.885 bits per heavy atom. The van der Waals surface area contributed by atoms with Gasteiger partial charge in [0.05, 0.1) is 5.69 Å². The summed E-state index contributed by atoms with van der Waals surface area (Å²) in [6, 6.07) is 7.50. The van der Waals surface area contributed by atoms with E-state index in [1.807, 2.05) is 29.2 Å². The van der Waals surface area contributed by atoms with Crippen LogP contribution < -0.4 is 4.90 Å². The van der Waals surface area contributed by atoms with Crippen LogP contribution in [0.2, 0.25) is 0 Å². The van der Waals surface area contributed by atoms with Gasteiger partial charge in [0.25, 0.3) is 0 Å². The maximum atomic E-state index is 12.5. The van der Waals surface area contributed by atoms with Crippen molar-refractivity contribution in [2.24, 2.45) is 0 Å². The number of benzene rings is 1. The van der Waals surface area contributed by atoms with Gasteiger partial charge in [-0.3, -0.25) is 9.59 Å². The van der Waals surface area contributed by atoms with E-state index in [0.29, 0.717) is 24.9 Å². The van der Waals surface area contributed by atoms with Gasteiger partial charge in [0.2, 0.25) is 5.91 Å². The first-order valence-electron chi connectivity index (χ1n) is 10.7. The van der Waals surface area contributed by atoms with Crippen LogP contribution in [0.15, 0.2) is 24.3 Å². The highest BCUT2D eigenvalue weighted by Gasteiger charge is 2.26. The van der Waals surface area contributed by atoms with Crippen molar-refractivity contribution < 1.29 is 9.59 Å². The van der Waals surface area contributed by atoms with Gasteiger partial charge in [-0.1, -0.05) is 83.3 Å². The number of ketones is 1. The number of rotatable bonds is 12. The molecule has 0 fully saturated rings. The van der Waals surface area contributed by atoms with Gasteiger partial charge < -0.3 is 4.90 Å². The summed E-state index contributed by atoms with van der Waals surface area (Å²) >= 11 is 0. The summed E-state index contributed by atoms with van der Waals surface area (Å²) in [7, 11) is 0. The van der Waals surface area contributed by atoms with E-state index < -0.39 is 0 Å². The summed E-state index contributed by atoms with van der Waals surface area (Å²) in [5.74, 6) is 0.320. The van der Waals surface area contributed by atoms with Crippen LogP contribution in [0.25, 0.3) is 0 Å². The average molecular weight is 358 g/mol. The molecule has 144 valence electrons. The number of fused-ring (bicyclic) bond motifs is 1. The second-order valence-electron chi connectivity index (χ2n) is 7.52. The standard InChI is InChI=1S/C23H35NO2/c1-2-3-4-5-6-7-8-9-10-11-12-17-23(26)24-19-18-22(25)20-15-13-14-16-21(20)24/h13-16H,2-12,17-19H2,1H3. The van der Waals surface area contributed by atoms with Gasteiger partial charge >= 0.3 is 0 Å². The van der Waals surface area contributed by atoms with Crippen LogP contribution in [-0.2, 0) is 4.79 Å². The monoisotopic (exact) mass is 357 g/mol. The number of carbonyl (C=O) groups excluding carboxylic acids is 2. The lowest BCUT2D eigenvalue weighted by Crippen LogP contribution is -2.37. The molecule has 1 aliphatic rings. The first-order chi connectivity index (χ1) is 12.7. The molecular formula is C23H35NO2. The second-order valence-corrected chi connectivity index (χ2v) is 7.52. The Kier molecular flexibility index (Phi) is 9.44. The minimum Gasteiger partial charge on any atom is -0.311 e. The molecule has 0 spiro atoms. The fourth-order valence-electron chi connectivity index (χ4n) is 3.75. The summed E-state index contributed by atoms with van der Waals surface area (Å²) in [6.07, 6.45) is 15.2. The third kappa shape index (κ3) is 6.59. The number of unbranched alkanes of at least 4 members (excludes halogenated alkanes) is 10. The summed E-state index contributed by atoms with van der Waals surface area (Å²) < 4.78 is 0. The lowest BCUT2D eigenvalue weighted by Gasteiger charge is -2.28. The summed E-state index contributed by atoms with van der Waals surface area (Å²) in [6.45, 7) is 2.79. The van der Waals surface area contributed by atoms with E-state index in [-0.39, 0.29) is 11.7 Å². The zero-order chi connectivity index (χ0) is 18.6. The van der Waals surface area contributed by atoms with Crippen LogP contribution in [-0.4, -0.2) is 18.2 Å². The molecule has 26 heavy (non-hydrogen) atoms. The fraction of sp³-hybridized carbons (Fsp3) is 0.652. The summed E-state index contributed by atoms with van der Waals surface area (Å²) in [5.41, 5.74) is 1.50. The number of hydrogen-bond acceptors (Lipinski definition) is 2.